The van der Waals surface area contributed by atoms with Crippen LogP contribution in [0, 0.1) is 17.8 Å². The molecule has 3 heterocycles. The zero-order valence-corrected chi connectivity index (χ0v) is 20.2. The molecule has 1 aliphatic carbocycles. The molecule has 3 unspecified atom stereocenters. The number of carbonyl (C=O) groups is 2. The third-order valence-corrected chi connectivity index (χ3v) is 8.15. The van der Waals surface area contributed by atoms with Gasteiger partial charge in [0.1, 0.15) is 5.82 Å². The minimum Gasteiger partial charge on any atom is -0.364 e. The normalized spacial score (nSPS) is 25.6. The van der Waals surface area contributed by atoms with Crippen LogP contribution in [0.15, 0.2) is 35.4 Å². The molecule has 1 saturated carbocycles. The quantitative estimate of drug-likeness (QED) is 0.419. The van der Waals surface area contributed by atoms with Gasteiger partial charge in [0.2, 0.25) is 5.91 Å². The minimum atomic E-state index is -3.32. The number of carbonyl (C=O) groups excluding carboxylic acids is 2. The van der Waals surface area contributed by atoms with Crippen LogP contribution in [0.1, 0.15) is 23.3 Å². The molecule has 3 atom stereocenters. The highest BCUT2D eigenvalue weighted by Gasteiger charge is 2.57. The van der Waals surface area contributed by atoms with E-state index >= 15 is 0 Å². The van der Waals surface area contributed by atoms with Crippen molar-refractivity contribution in [2.45, 2.75) is 23.8 Å². The molecule has 1 aromatic heterocycles. The Kier molecular flexibility index (Phi) is 6.09. The van der Waals surface area contributed by atoms with E-state index in [2.05, 4.69) is 25.9 Å². The van der Waals surface area contributed by atoms with E-state index in [1.807, 2.05) is 4.90 Å². The van der Waals surface area contributed by atoms with Crippen LogP contribution >= 0.6 is 0 Å². The Hall–Kier alpha value is -3.25. The molecule has 0 radical (unpaired) electrons. The lowest BCUT2D eigenvalue weighted by molar-refractivity contribution is -0.123. The second-order valence-electron chi connectivity index (χ2n) is 9.52. The number of anilines is 3. The van der Waals surface area contributed by atoms with Crippen LogP contribution in [0.25, 0.3) is 0 Å². The van der Waals surface area contributed by atoms with Crippen molar-refractivity contribution < 1.29 is 18.0 Å². The molecule has 35 heavy (non-hydrogen) atoms. The fourth-order valence-electron chi connectivity index (χ4n) is 5.13. The van der Waals surface area contributed by atoms with Crippen LogP contribution < -0.4 is 26.6 Å². The monoisotopic (exact) mass is 499 g/mol. The molecule has 2 aromatic rings. The molecule has 3 fully saturated rings. The number of hydrogen-bond donors (Lipinski definition) is 4. The zero-order chi connectivity index (χ0) is 24.7. The first kappa shape index (κ1) is 23.5. The van der Waals surface area contributed by atoms with E-state index in [1.165, 1.54) is 18.3 Å². The van der Waals surface area contributed by atoms with Crippen molar-refractivity contribution in [3.05, 3.63) is 36.2 Å². The number of nitrogens with one attached hydrogen (secondary N) is 3. The molecule has 12 heteroatoms. The van der Waals surface area contributed by atoms with Gasteiger partial charge in [-0.3, -0.25) is 9.59 Å². The molecule has 186 valence electrons. The Labute approximate surface area is 203 Å². The Morgan fingerprint density at radius 1 is 1.17 bits per heavy atom. The Morgan fingerprint density at radius 3 is 2.54 bits per heavy atom. The third-order valence-electron chi connectivity index (χ3n) is 7.02. The second-order valence-corrected chi connectivity index (χ2v) is 11.5. The van der Waals surface area contributed by atoms with Gasteiger partial charge >= 0.3 is 0 Å². The van der Waals surface area contributed by atoms with E-state index in [1.54, 1.807) is 12.1 Å². The van der Waals surface area contributed by atoms with Crippen molar-refractivity contribution in [3.63, 3.8) is 0 Å². The van der Waals surface area contributed by atoms with Gasteiger partial charge in [0.05, 0.1) is 11.1 Å². The predicted octanol–water partition coefficient (Wildman–Crippen LogP) is 0.273. The number of nitrogens with two attached hydrogens (primary N) is 1. The summed E-state index contributed by atoms with van der Waals surface area (Å²) < 4.78 is 23.4. The van der Waals surface area contributed by atoms with Gasteiger partial charge in [0.25, 0.3) is 5.91 Å². The molecule has 11 nitrogen and oxygen atoms in total. The molecule has 5 rings (SSSR count). The van der Waals surface area contributed by atoms with E-state index in [4.69, 9.17) is 5.73 Å². The standard InChI is InChI=1S/C23H29N7O4S/c1-35(33,34)15-6-4-13(5-7-15)27-22-20(21(24)31)26-11-18(29-22)30-8-2-3-14(12-30)28-23(32)19-16-9-25-10-17(16)19/h4-7,11,14,16-17,19,25H,2-3,8-10,12H2,1H3,(H2,24,31)(H,27,29)(H,28,32). The molecule has 0 bridgehead atoms. The molecular formula is C23H29N7O4S. The summed E-state index contributed by atoms with van der Waals surface area (Å²) >= 11 is 0. The molecule has 1 aromatic carbocycles. The smallest absolute Gasteiger partial charge is 0.271 e. The number of piperidine rings is 2. The third kappa shape index (κ3) is 4.94. The summed E-state index contributed by atoms with van der Waals surface area (Å²) in [6, 6.07) is 6.14. The van der Waals surface area contributed by atoms with Crippen molar-refractivity contribution in [3.8, 4) is 0 Å². The largest absolute Gasteiger partial charge is 0.364 e. The lowest BCUT2D eigenvalue weighted by atomic mass is 10.1. The lowest BCUT2D eigenvalue weighted by Gasteiger charge is -2.34. The van der Waals surface area contributed by atoms with E-state index in [9.17, 15) is 18.0 Å². The highest BCUT2D eigenvalue weighted by molar-refractivity contribution is 7.90. The van der Waals surface area contributed by atoms with Gasteiger partial charge in [-0.05, 0) is 62.0 Å². The summed E-state index contributed by atoms with van der Waals surface area (Å²) in [7, 11) is -3.32. The van der Waals surface area contributed by atoms with Gasteiger partial charge in [0, 0.05) is 37.0 Å². The molecule has 5 N–H and O–H groups in total. The van der Waals surface area contributed by atoms with Crippen LogP contribution in [-0.4, -0.2) is 68.7 Å². The maximum atomic E-state index is 12.7. The summed E-state index contributed by atoms with van der Waals surface area (Å²) in [5.74, 6) is 1.24. The summed E-state index contributed by atoms with van der Waals surface area (Å²) in [5.41, 5.74) is 6.03. The maximum Gasteiger partial charge on any atom is 0.271 e. The number of aromatic nitrogens is 2. The average molecular weight is 500 g/mol. The van der Waals surface area contributed by atoms with Crippen LogP contribution in [0.5, 0.6) is 0 Å². The fraction of sp³-hybridized carbons (Fsp3) is 0.478. The lowest BCUT2D eigenvalue weighted by Crippen LogP contribution is -2.49. The highest BCUT2D eigenvalue weighted by atomic mass is 32.2. The summed E-state index contributed by atoms with van der Waals surface area (Å²) in [4.78, 5) is 35.7. The van der Waals surface area contributed by atoms with Crippen molar-refractivity contribution in [2.75, 3.05) is 42.7 Å². The summed E-state index contributed by atoms with van der Waals surface area (Å²) in [6.07, 6.45) is 4.43. The van der Waals surface area contributed by atoms with Gasteiger partial charge in [-0.2, -0.15) is 0 Å². The second kappa shape index (κ2) is 9.08. The van der Waals surface area contributed by atoms with Gasteiger partial charge in [0.15, 0.2) is 21.3 Å². The van der Waals surface area contributed by atoms with Crippen molar-refractivity contribution >= 4 is 39.0 Å². The number of hydrogen-bond acceptors (Lipinski definition) is 9. The van der Waals surface area contributed by atoms with Gasteiger partial charge in [-0.1, -0.05) is 0 Å². The Morgan fingerprint density at radius 2 is 1.89 bits per heavy atom. The molecule has 2 saturated heterocycles. The first-order valence-corrected chi connectivity index (χ1v) is 13.6. The van der Waals surface area contributed by atoms with E-state index in [0.717, 1.165) is 38.7 Å². The maximum absolute atomic E-state index is 12.7. The summed E-state index contributed by atoms with van der Waals surface area (Å²) in [6.45, 7) is 3.19. The number of nitrogens with zero attached hydrogens (tertiary/aromatic N) is 3. The van der Waals surface area contributed by atoms with E-state index in [-0.39, 0.29) is 34.3 Å². The van der Waals surface area contributed by atoms with E-state index < -0.39 is 15.7 Å². The Balaban J connectivity index is 1.30. The Bertz CT molecular complexity index is 1240. The number of benzene rings is 1. The van der Waals surface area contributed by atoms with E-state index in [0.29, 0.717) is 29.9 Å². The SMILES string of the molecule is CS(=O)(=O)c1ccc(Nc2nc(N3CCCC(NC(=O)C4C5CNCC54)C3)cnc2C(N)=O)cc1. The number of fused-ring (bicyclic) bond motifs is 1. The minimum absolute atomic E-state index is 0.0168. The molecule has 3 aliphatic rings. The number of rotatable bonds is 7. The number of primary amides is 1. The zero-order valence-electron chi connectivity index (χ0n) is 19.4. The first-order valence-electron chi connectivity index (χ1n) is 11.7. The number of sulfone groups is 1. The first-order chi connectivity index (χ1) is 16.7. The molecular weight excluding hydrogens is 470 g/mol. The van der Waals surface area contributed by atoms with Gasteiger partial charge in [-0.15, -0.1) is 0 Å². The van der Waals surface area contributed by atoms with Crippen LogP contribution in [0.3, 0.4) is 0 Å². The average Bonchev–Trinajstić information content (AvgIpc) is 3.31. The highest BCUT2D eigenvalue weighted by Crippen LogP contribution is 2.48. The molecule has 2 amide bonds. The summed E-state index contributed by atoms with van der Waals surface area (Å²) in [5, 5.41) is 9.56. The van der Waals surface area contributed by atoms with Crippen molar-refractivity contribution in [1.82, 2.24) is 20.6 Å². The van der Waals surface area contributed by atoms with Crippen molar-refractivity contribution in [2.24, 2.45) is 23.5 Å². The van der Waals surface area contributed by atoms with Crippen LogP contribution in [0.4, 0.5) is 17.3 Å². The molecule has 2 aliphatic heterocycles. The van der Waals surface area contributed by atoms with Gasteiger partial charge < -0.3 is 26.6 Å². The fourth-order valence-corrected chi connectivity index (χ4v) is 5.76. The molecule has 0 spiro atoms. The van der Waals surface area contributed by atoms with Crippen molar-refractivity contribution in [1.29, 1.82) is 0 Å². The van der Waals surface area contributed by atoms with Crippen LogP contribution in [0.2, 0.25) is 0 Å². The van der Waals surface area contributed by atoms with Gasteiger partial charge in [-0.25, -0.2) is 18.4 Å². The predicted molar refractivity (Wildman–Crippen MR) is 130 cm³/mol. The van der Waals surface area contributed by atoms with Crippen LogP contribution in [-0.2, 0) is 14.6 Å². The topological polar surface area (TPSA) is 159 Å². The number of amides is 2.